The molecule has 1 atom stereocenters. The van der Waals surface area contributed by atoms with Gasteiger partial charge in [-0.2, -0.15) is 0 Å². The molecule has 1 aliphatic heterocycles. The van der Waals surface area contributed by atoms with Crippen molar-refractivity contribution in [1.82, 2.24) is 4.90 Å². The monoisotopic (exact) mass is 252 g/mol. The van der Waals surface area contributed by atoms with E-state index >= 15 is 0 Å². The fourth-order valence-corrected chi connectivity index (χ4v) is 2.41. The van der Waals surface area contributed by atoms with Crippen LogP contribution < -0.4 is 5.73 Å². The number of nitrogens with zero attached hydrogens (tertiary/aromatic N) is 1. The average Bonchev–Trinajstić information content (AvgIpc) is 2.80. The van der Waals surface area contributed by atoms with Crippen LogP contribution in [0.3, 0.4) is 0 Å². The van der Waals surface area contributed by atoms with E-state index in [2.05, 4.69) is 0 Å². The second-order valence-electron chi connectivity index (χ2n) is 4.42. The van der Waals surface area contributed by atoms with Crippen LogP contribution in [0.1, 0.15) is 18.4 Å². The summed E-state index contributed by atoms with van der Waals surface area (Å²) in [5.41, 5.74) is 6.67. The van der Waals surface area contributed by atoms with Gasteiger partial charge < -0.3 is 10.6 Å². The van der Waals surface area contributed by atoms with Gasteiger partial charge in [0.2, 0.25) is 5.91 Å². The Morgan fingerprint density at radius 3 is 2.76 bits per heavy atom. The maximum atomic E-state index is 12.1. The van der Waals surface area contributed by atoms with Crippen LogP contribution in [0.2, 0.25) is 5.02 Å². The van der Waals surface area contributed by atoms with Gasteiger partial charge in [-0.1, -0.05) is 23.7 Å². The molecule has 1 aromatic carbocycles. The maximum absolute atomic E-state index is 12.1. The molecule has 17 heavy (non-hydrogen) atoms. The number of hydrogen-bond donors (Lipinski definition) is 1. The number of carbonyl (C=O) groups is 1. The Balaban J connectivity index is 1.99. The highest BCUT2D eigenvalue weighted by Crippen LogP contribution is 2.18. The number of nitrogens with two attached hydrogens (primary N) is 1. The molecule has 0 unspecified atom stereocenters. The van der Waals surface area contributed by atoms with Gasteiger partial charge in [0.15, 0.2) is 0 Å². The number of rotatable bonds is 3. The van der Waals surface area contributed by atoms with Crippen LogP contribution in [-0.4, -0.2) is 29.9 Å². The van der Waals surface area contributed by atoms with Gasteiger partial charge in [0, 0.05) is 24.2 Å². The quantitative estimate of drug-likeness (QED) is 0.892. The SMILES string of the molecule is NC[C@@H]1CCCN1C(=O)Cc1ccc(Cl)cc1. The predicted octanol–water partition coefficient (Wildman–Crippen LogP) is 1.83. The summed E-state index contributed by atoms with van der Waals surface area (Å²) in [4.78, 5) is 14.0. The highest BCUT2D eigenvalue weighted by atomic mass is 35.5. The minimum atomic E-state index is 0.167. The normalized spacial score (nSPS) is 19.6. The molecule has 0 radical (unpaired) electrons. The molecule has 1 aliphatic rings. The first-order chi connectivity index (χ1) is 8.20. The molecule has 3 nitrogen and oxygen atoms in total. The van der Waals surface area contributed by atoms with E-state index in [1.54, 1.807) is 0 Å². The molecule has 1 heterocycles. The van der Waals surface area contributed by atoms with Crippen LogP contribution in [0, 0.1) is 0 Å². The molecule has 1 saturated heterocycles. The van der Waals surface area contributed by atoms with Crippen molar-refractivity contribution in [3.05, 3.63) is 34.9 Å². The molecule has 0 bridgehead atoms. The first kappa shape index (κ1) is 12.4. The molecule has 4 heteroatoms. The Bertz CT molecular complexity index is 391. The average molecular weight is 253 g/mol. The molecule has 2 rings (SSSR count). The Labute approximate surface area is 107 Å². The Morgan fingerprint density at radius 1 is 1.41 bits per heavy atom. The Hall–Kier alpha value is -1.06. The molecule has 92 valence electrons. The van der Waals surface area contributed by atoms with E-state index in [9.17, 15) is 4.79 Å². The molecule has 0 spiro atoms. The molecule has 0 saturated carbocycles. The zero-order valence-corrected chi connectivity index (χ0v) is 10.5. The summed E-state index contributed by atoms with van der Waals surface area (Å²) in [7, 11) is 0. The van der Waals surface area contributed by atoms with Crippen molar-refractivity contribution in [2.24, 2.45) is 5.73 Å². The van der Waals surface area contributed by atoms with Gasteiger partial charge in [0.05, 0.1) is 6.42 Å². The highest BCUT2D eigenvalue weighted by Gasteiger charge is 2.27. The fourth-order valence-electron chi connectivity index (χ4n) is 2.29. The van der Waals surface area contributed by atoms with Crippen LogP contribution in [0.5, 0.6) is 0 Å². The van der Waals surface area contributed by atoms with Gasteiger partial charge in [-0.15, -0.1) is 0 Å². The van der Waals surface area contributed by atoms with Crippen LogP contribution >= 0.6 is 11.6 Å². The number of likely N-dealkylation sites (tertiary alicyclic amines) is 1. The van der Waals surface area contributed by atoms with Gasteiger partial charge in [-0.25, -0.2) is 0 Å². The smallest absolute Gasteiger partial charge is 0.227 e. The number of carbonyl (C=O) groups excluding carboxylic acids is 1. The highest BCUT2D eigenvalue weighted by molar-refractivity contribution is 6.30. The number of benzene rings is 1. The summed E-state index contributed by atoms with van der Waals surface area (Å²) in [5.74, 6) is 0.167. The summed E-state index contributed by atoms with van der Waals surface area (Å²) < 4.78 is 0. The third-order valence-electron chi connectivity index (χ3n) is 3.24. The van der Waals surface area contributed by atoms with E-state index < -0.39 is 0 Å². The molecule has 1 fully saturated rings. The summed E-state index contributed by atoms with van der Waals surface area (Å²) in [6.45, 7) is 1.40. The molecule has 1 aromatic rings. The first-order valence-electron chi connectivity index (χ1n) is 5.94. The molecular weight excluding hydrogens is 236 g/mol. The summed E-state index contributed by atoms with van der Waals surface area (Å²) in [6.07, 6.45) is 2.53. The van der Waals surface area contributed by atoms with Gasteiger partial charge >= 0.3 is 0 Å². The van der Waals surface area contributed by atoms with Crippen molar-refractivity contribution in [2.45, 2.75) is 25.3 Å². The summed E-state index contributed by atoms with van der Waals surface area (Å²) in [6, 6.07) is 7.65. The maximum Gasteiger partial charge on any atom is 0.227 e. The Kier molecular flexibility index (Phi) is 4.02. The minimum absolute atomic E-state index is 0.167. The van der Waals surface area contributed by atoms with E-state index in [0.29, 0.717) is 18.0 Å². The van der Waals surface area contributed by atoms with Crippen LogP contribution in [0.25, 0.3) is 0 Å². The predicted molar refractivity (Wildman–Crippen MR) is 68.9 cm³/mol. The van der Waals surface area contributed by atoms with Crippen molar-refractivity contribution in [3.63, 3.8) is 0 Å². The van der Waals surface area contributed by atoms with E-state index in [1.165, 1.54) is 0 Å². The van der Waals surface area contributed by atoms with Crippen molar-refractivity contribution >= 4 is 17.5 Å². The largest absolute Gasteiger partial charge is 0.338 e. The van der Waals surface area contributed by atoms with E-state index in [4.69, 9.17) is 17.3 Å². The van der Waals surface area contributed by atoms with Crippen LogP contribution in [-0.2, 0) is 11.2 Å². The lowest BCUT2D eigenvalue weighted by Gasteiger charge is -2.23. The second kappa shape index (κ2) is 5.52. The minimum Gasteiger partial charge on any atom is -0.338 e. The van der Waals surface area contributed by atoms with E-state index in [1.807, 2.05) is 29.2 Å². The number of halogens is 1. The van der Waals surface area contributed by atoms with Crippen molar-refractivity contribution in [2.75, 3.05) is 13.1 Å². The van der Waals surface area contributed by atoms with Gasteiger partial charge in [-0.05, 0) is 30.5 Å². The lowest BCUT2D eigenvalue weighted by atomic mass is 10.1. The van der Waals surface area contributed by atoms with Gasteiger partial charge in [-0.3, -0.25) is 4.79 Å². The molecule has 2 N–H and O–H groups in total. The third-order valence-corrected chi connectivity index (χ3v) is 3.49. The first-order valence-corrected chi connectivity index (χ1v) is 6.32. The zero-order chi connectivity index (χ0) is 12.3. The van der Waals surface area contributed by atoms with Crippen molar-refractivity contribution < 1.29 is 4.79 Å². The van der Waals surface area contributed by atoms with E-state index in [0.717, 1.165) is 24.9 Å². The number of amides is 1. The fraction of sp³-hybridized carbons (Fsp3) is 0.462. The second-order valence-corrected chi connectivity index (χ2v) is 4.86. The van der Waals surface area contributed by atoms with Gasteiger partial charge in [0.25, 0.3) is 0 Å². The van der Waals surface area contributed by atoms with Crippen LogP contribution in [0.4, 0.5) is 0 Å². The summed E-state index contributed by atoms with van der Waals surface area (Å²) >= 11 is 5.81. The molecule has 0 aliphatic carbocycles. The van der Waals surface area contributed by atoms with Crippen molar-refractivity contribution in [3.8, 4) is 0 Å². The topological polar surface area (TPSA) is 46.3 Å². The van der Waals surface area contributed by atoms with Crippen LogP contribution in [0.15, 0.2) is 24.3 Å². The Morgan fingerprint density at radius 2 is 2.12 bits per heavy atom. The molecule has 1 amide bonds. The standard InChI is InChI=1S/C13H17ClN2O/c14-11-5-3-10(4-6-11)8-13(17)16-7-1-2-12(16)9-15/h3-6,12H,1-2,7-9,15H2/t12-/m0/s1. The molecule has 0 aromatic heterocycles. The lowest BCUT2D eigenvalue weighted by Crippen LogP contribution is -2.40. The lowest BCUT2D eigenvalue weighted by molar-refractivity contribution is -0.131. The van der Waals surface area contributed by atoms with E-state index in [-0.39, 0.29) is 11.9 Å². The number of hydrogen-bond acceptors (Lipinski definition) is 2. The third kappa shape index (κ3) is 2.99. The van der Waals surface area contributed by atoms with Gasteiger partial charge in [0.1, 0.15) is 0 Å². The van der Waals surface area contributed by atoms with Crippen molar-refractivity contribution in [1.29, 1.82) is 0 Å². The molecular formula is C13H17ClN2O. The summed E-state index contributed by atoms with van der Waals surface area (Å²) in [5, 5.41) is 0.696. The zero-order valence-electron chi connectivity index (χ0n) is 9.73.